The molecule has 28 heavy (non-hydrogen) atoms. The second-order valence-corrected chi connectivity index (χ2v) is 6.29. The number of amides is 3. The highest BCUT2D eigenvalue weighted by Crippen LogP contribution is 2.05. The van der Waals surface area contributed by atoms with Gasteiger partial charge in [0.25, 0.3) is 0 Å². The SMILES string of the molecule is NCCCC[C@H](NC(=O)[C@H](CCC(N)=O)NC(=O)[C@@H](N)CCC(=O)O)C(=O)O. The van der Waals surface area contributed by atoms with E-state index in [1.807, 2.05) is 0 Å². The lowest BCUT2D eigenvalue weighted by molar-refractivity contribution is -0.142. The summed E-state index contributed by atoms with van der Waals surface area (Å²) in [6.45, 7) is 0.381. The fourth-order valence-electron chi connectivity index (χ4n) is 2.27. The quantitative estimate of drug-likeness (QED) is 0.145. The topological polar surface area (TPSA) is 228 Å². The van der Waals surface area contributed by atoms with E-state index in [9.17, 15) is 29.1 Å². The summed E-state index contributed by atoms with van der Waals surface area (Å²) in [7, 11) is 0. The molecule has 0 aromatic rings. The Morgan fingerprint density at radius 2 is 1.43 bits per heavy atom. The number of carbonyl (C=O) groups excluding carboxylic acids is 3. The third kappa shape index (κ3) is 11.1. The molecule has 0 saturated carbocycles. The fraction of sp³-hybridized carbons (Fsp3) is 0.688. The van der Waals surface area contributed by atoms with Crippen molar-refractivity contribution in [2.45, 2.75) is 63.1 Å². The molecule has 0 bridgehead atoms. The molecule has 0 radical (unpaired) electrons. The molecule has 3 amide bonds. The van der Waals surface area contributed by atoms with E-state index in [1.165, 1.54) is 0 Å². The van der Waals surface area contributed by atoms with Crippen LogP contribution in [0.25, 0.3) is 0 Å². The van der Waals surface area contributed by atoms with Crippen LogP contribution >= 0.6 is 0 Å². The van der Waals surface area contributed by atoms with Gasteiger partial charge in [-0.1, -0.05) is 0 Å². The Bertz CT molecular complexity index is 570. The molecule has 0 aliphatic carbocycles. The molecule has 0 heterocycles. The van der Waals surface area contributed by atoms with Gasteiger partial charge in [0.15, 0.2) is 0 Å². The van der Waals surface area contributed by atoms with Crippen LogP contribution in [0.15, 0.2) is 0 Å². The number of hydrogen-bond donors (Lipinski definition) is 7. The Kier molecular flexibility index (Phi) is 12.1. The van der Waals surface area contributed by atoms with Crippen molar-refractivity contribution in [3.05, 3.63) is 0 Å². The molecule has 0 saturated heterocycles. The molecule has 12 heteroatoms. The van der Waals surface area contributed by atoms with Crippen molar-refractivity contribution in [1.82, 2.24) is 10.6 Å². The smallest absolute Gasteiger partial charge is 0.326 e. The van der Waals surface area contributed by atoms with E-state index < -0.39 is 47.8 Å². The first-order chi connectivity index (χ1) is 13.1. The third-order valence-corrected chi connectivity index (χ3v) is 3.88. The van der Waals surface area contributed by atoms with E-state index in [4.69, 9.17) is 22.3 Å². The summed E-state index contributed by atoms with van der Waals surface area (Å²) in [5.41, 5.74) is 16.0. The Hall–Kier alpha value is -2.73. The molecule has 0 rings (SSSR count). The van der Waals surface area contributed by atoms with Gasteiger partial charge in [-0.05, 0) is 38.6 Å². The molecule has 0 aliphatic rings. The zero-order valence-electron chi connectivity index (χ0n) is 15.6. The molecule has 10 N–H and O–H groups in total. The van der Waals surface area contributed by atoms with Crippen molar-refractivity contribution in [2.75, 3.05) is 6.54 Å². The molecule has 160 valence electrons. The van der Waals surface area contributed by atoms with Crippen LogP contribution in [0.1, 0.15) is 44.9 Å². The highest BCUT2D eigenvalue weighted by molar-refractivity contribution is 5.92. The van der Waals surface area contributed by atoms with Gasteiger partial charge in [-0.2, -0.15) is 0 Å². The number of unbranched alkanes of at least 4 members (excludes halogenated alkanes) is 1. The third-order valence-electron chi connectivity index (χ3n) is 3.88. The second-order valence-electron chi connectivity index (χ2n) is 6.29. The van der Waals surface area contributed by atoms with Gasteiger partial charge < -0.3 is 38.0 Å². The lowest BCUT2D eigenvalue weighted by Crippen LogP contribution is -2.54. The number of carboxylic acid groups (broad SMARTS) is 2. The maximum atomic E-state index is 12.4. The van der Waals surface area contributed by atoms with Gasteiger partial charge in [0.2, 0.25) is 17.7 Å². The summed E-state index contributed by atoms with van der Waals surface area (Å²) in [4.78, 5) is 57.4. The summed E-state index contributed by atoms with van der Waals surface area (Å²) in [5.74, 6) is -4.68. The molecule has 0 spiro atoms. The van der Waals surface area contributed by atoms with Crippen LogP contribution < -0.4 is 27.8 Å². The molecule has 0 fully saturated rings. The van der Waals surface area contributed by atoms with Gasteiger partial charge in [-0.15, -0.1) is 0 Å². The summed E-state index contributed by atoms with van der Waals surface area (Å²) in [6.07, 6.45) is 0.331. The highest BCUT2D eigenvalue weighted by atomic mass is 16.4. The average molecular weight is 403 g/mol. The van der Waals surface area contributed by atoms with Gasteiger partial charge >= 0.3 is 11.9 Å². The van der Waals surface area contributed by atoms with Gasteiger partial charge in [0.1, 0.15) is 12.1 Å². The number of carbonyl (C=O) groups is 5. The van der Waals surface area contributed by atoms with Crippen LogP contribution in [0, 0.1) is 0 Å². The minimum Gasteiger partial charge on any atom is -0.481 e. The number of carboxylic acids is 2. The van der Waals surface area contributed by atoms with E-state index >= 15 is 0 Å². The average Bonchev–Trinajstić information content (AvgIpc) is 2.61. The lowest BCUT2D eigenvalue weighted by atomic mass is 10.1. The Labute approximate surface area is 162 Å². The minimum absolute atomic E-state index is 0.146. The van der Waals surface area contributed by atoms with Crippen molar-refractivity contribution in [2.24, 2.45) is 17.2 Å². The van der Waals surface area contributed by atoms with Crippen LogP contribution in [0.4, 0.5) is 0 Å². The van der Waals surface area contributed by atoms with E-state index in [0.717, 1.165) is 0 Å². The van der Waals surface area contributed by atoms with Gasteiger partial charge in [-0.3, -0.25) is 19.2 Å². The highest BCUT2D eigenvalue weighted by Gasteiger charge is 2.28. The number of hydrogen-bond acceptors (Lipinski definition) is 7. The van der Waals surface area contributed by atoms with Crippen LogP contribution in [-0.4, -0.2) is 64.5 Å². The monoisotopic (exact) mass is 403 g/mol. The largest absolute Gasteiger partial charge is 0.481 e. The summed E-state index contributed by atoms with van der Waals surface area (Å²) < 4.78 is 0. The molecule has 0 aliphatic heterocycles. The number of rotatable bonds is 15. The van der Waals surface area contributed by atoms with Crippen LogP contribution in [0.5, 0.6) is 0 Å². The Morgan fingerprint density at radius 1 is 0.821 bits per heavy atom. The second kappa shape index (κ2) is 13.4. The number of nitrogens with two attached hydrogens (primary N) is 3. The lowest BCUT2D eigenvalue weighted by Gasteiger charge is -2.22. The Morgan fingerprint density at radius 3 is 1.93 bits per heavy atom. The van der Waals surface area contributed by atoms with Crippen molar-refractivity contribution in [3.63, 3.8) is 0 Å². The molecule has 0 unspecified atom stereocenters. The van der Waals surface area contributed by atoms with Gasteiger partial charge in [0.05, 0.1) is 6.04 Å². The van der Waals surface area contributed by atoms with Crippen molar-refractivity contribution < 1.29 is 34.2 Å². The van der Waals surface area contributed by atoms with E-state index in [1.54, 1.807) is 0 Å². The first-order valence-corrected chi connectivity index (χ1v) is 8.87. The predicted octanol–water partition coefficient (Wildman–Crippen LogP) is -2.37. The van der Waals surface area contributed by atoms with Crippen molar-refractivity contribution in [1.29, 1.82) is 0 Å². The normalized spacial score (nSPS) is 13.8. The van der Waals surface area contributed by atoms with Crippen LogP contribution in [0.2, 0.25) is 0 Å². The number of primary amides is 1. The van der Waals surface area contributed by atoms with Crippen LogP contribution in [-0.2, 0) is 24.0 Å². The van der Waals surface area contributed by atoms with E-state index in [-0.39, 0.29) is 32.1 Å². The fourth-order valence-corrected chi connectivity index (χ4v) is 2.27. The summed E-state index contributed by atoms with van der Waals surface area (Å²) >= 11 is 0. The van der Waals surface area contributed by atoms with E-state index in [0.29, 0.717) is 19.4 Å². The first kappa shape index (κ1) is 25.3. The number of aliphatic carboxylic acids is 2. The summed E-state index contributed by atoms with van der Waals surface area (Å²) in [5, 5.41) is 22.5. The van der Waals surface area contributed by atoms with Crippen LogP contribution in [0.3, 0.4) is 0 Å². The zero-order valence-corrected chi connectivity index (χ0v) is 15.6. The van der Waals surface area contributed by atoms with E-state index in [2.05, 4.69) is 10.6 Å². The standard InChI is InChI=1S/C16H29N5O7/c17-8-2-1-3-11(16(27)28)21-15(26)10(5-6-12(19)22)20-14(25)9(18)4-7-13(23)24/h9-11H,1-8,17-18H2,(H2,19,22)(H,20,25)(H,21,26)(H,23,24)(H,27,28)/t9-,10-,11-/m0/s1. The molecule has 0 aromatic carbocycles. The zero-order chi connectivity index (χ0) is 21.7. The minimum atomic E-state index is -1.25. The van der Waals surface area contributed by atoms with Crippen molar-refractivity contribution >= 4 is 29.7 Å². The summed E-state index contributed by atoms with van der Waals surface area (Å²) in [6, 6.07) is -3.61. The maximum absolute atomic E-state index is 12.4. The first-order valence-electron chi connectivity index (χ1n) is 8.87. The number of nitrogens with one attached hydrogen (secondary N) is 2. The molecular formula is C16H29N5O7. The van der Waals surface area contributed by atoms with Gasteiger partial charge in [-0.25, -0.2) is 4.79 Å². The predicted molar refractivity (Wildman–Crippen MR) is 97.7 cm³/mol. The molecule has 3 atom stereocenters. The van der Waals surface area contributed by atoms with Gasteiger partial charge in [0, 0.05) is 12.8 Å². The molecule has 12 nitrogen and oxygen atoms in total. The molecular weight excluding hydrogens is 374 g/mol. The maximum Gasteiger partial charge on any atom is 0.326 e. The van der Waals surface area contributed by atoms with Crippen molar-refractivity contribution in [3.8, 4) is 0 Å². The Balaban J connectivity index is 5.01. The molecule has 0 aromatic heterocycles.